The molecule has 7 nitrogen and oxygen atoms in total. The molecule has 0 saturated heterocycles. The van der Waals surface area contributed by atoms with E-state index in [9.17, 15) is 18.8 Å². The highest BCUT2D eigenvalue weighted by atomic mass is 19.1. The van der Waals surface area contributed by atoms with E-state index in [4.69, 9.17) is 0 Å². The van der Waals surface area contributed by atoms with E-state index in [1.54, 1.807) is 18.2 Å². The molecule has 0 aliphatic heterocycles. The quantitative estimate of drug-likeness (QED) is 0.764. The van der Waals surface area contributed by atoms with Gasteiger partial charge >= 0.3 is 5.69 Å². The van der Waals surface area contributed by atoms with Gasteiger partial charge in [-0.2, -0.15) is 0 Å². The number of nitrogens with one attached hydrogen (secondary N) is 1. The Labute approximate surface area is 147 Å². The first-order valence-corrected chi connectivity index (χ1v) is 7.97. The van der Waals surface area contributed by atoms with Crippen LogP contribution >= 0.6 is 0 Å². The molecule has 3 aromatic rings. The summed E-state index contributed by atoms with van der Waals surface area (Å²) in [5.41, 5.74) is 0.0760. The average molecular weight is 356 g/mol. The summed E-state index contributed by atoms with van der Waals surface area (Å²) < 4.78 is 15.8. The topological polar surface area (TPSA) is 86.0 Å². The van der Waals surface area contributed by atoms with Crippen LogP contribution in [0.3, 0.4) is 0 Å². The maximum Gasteiger partial charge on any atom is 0.332 e. The number of hydrogen-bond donors (Lipinski definition) is 1. The summed E-state index contributed by atoms with van der Waals surface area (Å²) in [7, 11) is 2.90. The molecule has 0 spiro atoms. The largest absolute Gasteiger partial charge is 0.332 e. The van der Waals surface area contributed by atoms with Gasteiger partial charge in [0.2, 0.25) is 5.91 Å². The minimum Gasteiger partial charge on any atom is -0.325 e. The average Bonchev–Trinajstić information content (AvgIpc) is 2.64. The van der Waals surface area contributed by atoms with Gasteiger partial charge in [-0.1, -0.05) is 18.2 Å². The van der Waals surface area contributed by atoms with Gasteiger partial charge in [0.05, 0.1) is 17.3 Å². The molecule has 0 bridgehead atoms. The lowest BCUT2D eigenvalue weighted by atomic mass is 10.1. The Balaban J connectivity index is 1.81. The Morgan fingerprint density at radius 3 is 2.65 bits per heavy atom. The maximum atomic E-state index is 13.6. The van der Waals surface area contributed by atoms with Crippen molar-refractivity contribution in [3.8, 4) is 0 Å². The number of nitrogens with zero attached hydrogens (tertiary/aromatic N) is 3. The highest BCUT2D eigenvalue weighted by molar-refractivity contribution is 5.92. The molecule has 3 rings (SSSR count). The number of hydrogen-bond acceptors (Lipinski definition) is 4. The number of carbonyl (C=O) groups is 1. The van der Waals surface area contributed by atoms with Crippen LogP contribution < -0.4 is 16.6 Å². The second-order valence-electron chi connectivity index (χ2n) is 5.94. The van der Waals surface area contributed by atoms with E-state index in [2.05, 4.69) is 10.3 Å². The van der Waals surface area contributed by atoms with Crippen molar-refractivity contribution in [1.29, 1.82) is 0 Å². The fraction of sp³-hybridized carbons (Fsp3) is 0.222. The van der Waals surface area contributed by atoms with Gasteiger partial charge in [-0.3, -0.25) is 18.7 Å². The third-order valence-corrected chi connectivity index (χ3v) is 4.16. The molecule has 1 N–H and O–H groups in total. The van der Waals surface area contributed by atoms with Crippen LogP contribution in [0, 0.1) is 5.82 Å². The summed E-state index contributed by atoms with van der Waals surface area (Å²) in [6.45, 7) is 0. The van der Waals surface area contributed by atoms with E-state index in [1.165, 1.54) is 37.0 Å². The van der Waals surface area contributed by atoms with Crippen LogP contribution in [0.4, 0.5) is 10.1 Å². The Hall–Kier alpha value is -3.29. The lowest BCUT2D eigenvalue weighted by Crippen LogP contribution is -2.37. The number of halogens is 1. The number of rotatable bonds is 4. The van der Waals surface area contributed by atoms with Crippen molar-refractivity contribution in [3.05, 3.63) is 68.7 Å². The van der Waals surface area contributed by atoms with E-state index in [0.717, 1.165) is 4.57 Å². The van der Waals surface area contributed by atoms with Crippen molar-refractivity contribution in [3.63, 3.8) is 0 Å². The Morgan fingerprint density at radius 1 is 1.19 bits per heavy atom. The predicted octanol–water partition coefficient (Wildman–Crippen LogP) is 1.34. The fourth-order valence-electron chi connectivity index (χ4n) is 2.71. The minimum atomic E-state index is -0.488. The third-order valence-electron chi connectivity index (χ3n) is 4.16. The molecule has 2 aromatic heterocycles. The van der Waals surface area contributed by atoms with Gasteiger partial charge in [0.1, 0.15) is 11.5 Å². The maximum absolute atomic E-state index is 13.6. The number of carbonyl (C=O) groups excluding carboxylic acids is 1. The van der Waals surface area contributed by atoms with E-state index in [0.29, 0.717) is 11.3 Å². The molecule has 1 aromatic carbocycles. The van der Waals surface area contributed by atoms with Crippen molar-refractivity contribution in [2.45, 2.75) is 12.8 Å². The first-order chi connectivity index (χ1) is 12.4. The molecule has 1 amide bonds. The molecule has 0 atom stereocenters. The van der Waals surface area contributed by atoms with Crippen molar-refractivity contribution < 1.29 is 9.18 Å². The van der Waals surface area contributed by atoms with Crippen molar-refractivity contribution in [2.24, 2.45) is 14.1 Å². The lowest BCUT2D eigenvalue weighted by Gasteiger charge is -2.09. The molecule has 8 heteroatoms. The van der Waals surface area contributed by atoms with Gasteiger partial charge in [0.25, 0.3) is 5.56 Å². The Kier molecular flexibility index (Phi) is 4.66. The number of amides is 1. The predicted molar refractivity (Wildman–Crippen MR) is 95.6 cm³/mol. The molecule has 0 saturated carbocycles. The van der Waals surface area contributed by atoms with Gasteiger partial charge in [-0.05, 0) is 24.1 Å². The van der Waals surface area contributed by atoms with Crippen LogP contribution in [-0.2, 0) is 25.3 Å². The Bertz CT molecular complexity index is 1120. The number of pyridine rings is 1. The monoisotopic (exact) mass is 356 g/mol. The highest BCUT2D eigenvalue weighted by Crippen LogP contribution is 2.13. The highest BCUT2D eigenvalue weighted by Gasteiger charge is 2.12. The van der Waals surface area contributed by atoms with Crippen LogP contribution in [0.15, 0.2) is 46.1 Å². The zero-order valence-corrected chi connectivity index (χ0v) is 14.3. The number of aromatic nitrogens is 3. The first kappa shape index (κ1) is 17.5. The molecule has 0 aliphatic carbocycles. The second-order valence-corrected chi connectivity index (χ2v) is 5.94. The number of anilines is 1. The molecule has 0 radical (unpaired) electrons. The van der Waals surface area contributed by atoms with E-state index >= 15 is 0 Å². The summed E-state index contributed by atoms with van der Waals surface area (Å²) in [6, 6.07) is 7.76. The lowest BCUT2D eigenvalue weighted by molar-refractivity contribution is -0.116. The molecule has 26 heavy (non-hydrogen) atoms. The zero-order chi connectivity index (χ0) is 18.8. The van der Waals surface area contributed by atoms with Crippen LogP contribution in [0.1, 0.15) is 12.0 Å². The molecule has 0 fully saturated rings. The second kappa shape index (κ2) is 6.91. The number of aryl methyl sites for hydroxylation is 2. The normalized spacial score (nSPS) is 10.9. The summed E-state index contributed by atoms with van der Waals surface area (Å²) >= 11 is 0. The van der Waals surface area contributed by atoms with Crippen molar-refractivity contribution in [1.82, 2.24) is 14.1 Å². The van der Waals surface area contributed by atoms with Gasteiger partial charge in [-0.15, -0.1) is 0 Å². The minimum absolute atomic E-state index is 0.0876. The number of benzene rings is 1. The summed E-state index contributed by atoms with van der Waals surface area (Å²) in [5, 5.41) is 2.87. The standard InChI is InChI=1S/C18H17FN4O3/c1-22-16-13(17(25)23(2)18(22)26)9-12(10-20-16)21-15(24)8-7-11-5-3-4-6-14(11)19/h3-6,9-10H,7-8H2,1-2H3,(H,21,24). The number of fused-ring (bicyclic) bond motifs is 1. The van der Waals surface area contributed by atoms with Crippen LogP contribution in [-0.4, -0.2) is 20.0 Å². The van der Waals surface area contributed by atoms with Gasteiger partial charge in [0.15, 0.2) is 0 Å². The summed E-state index contributed by atoms with van der Waals surface area (Å²) in [6.07, 6.45) is 1.72. The Morgan fingerprint density at radius 2 is 1.92 bits per heavy atom. The smallest absolute Gasteiger partial charge is 0.325 e. The molecular weight excluding hydrogens is 339 g/mol. The summed E-state index contributed by atoms with van der Waals surface area (Å²) in [5.74, 6) is -0.673. The summed E-state index contributed by atoms with van der Waals surface area (Å²) in [4.78, 5) is 40.4. The van der Waals surface area contributed by atoms with Crippen molar-refractivity contribution >= 4 is 22.6 Å². The van der Waals surface area contributed by atoms with Crippen LogP contribution in [0.25, 0.3) is 11.0 Å². The van der Waals surface area contributed by atoms with Crippen molar-refractivity contribution in [2.75, 3.05) is 5.32 Å². The molecule has 0 aliphatic rings. The molecule has 2 heterocycles. The van der Waals surface area contributed by atoms with Gasteiger partial charge in [0, 0.05) is 20.5 Å². The van der Waals surface area contributed by atoms with E-state index < -0.39 is 11.2 Å². The zero-order valence-electron chi connectivity index (χ0n) is 14.3. The third kappa shape index (κ3) is 3.26. The first-order valence-electron chi connectivity index (χ1n) is 7.97. The van der Waals surface area contributed by atoms with Crippen LogP contribution in [0.5, 0.6) is 0 Å². The van der Waals surface area contributed by atoms with Gasteiger partial charge in [-0.25, -0.2) is 14.2 Å². The molecule has 0 unspecified atom stereocenters. The van der Waals surface area contributed by atoms with E-state index in [-0.39, 0.29) is 35.6 Å². The van der Waals surface area contributed by atoms with E-state index in [1.807, 2.05) is 0 Å². The SMILES string of the molecule is Cn1c(=O)c2cc(NC(=O)CCc3ccccc3F)cnc2n(C)c1=O. The molecule has 134 valence electrons. The van der Waals surface area contributed by atoms with Gasteiger partial charge < -0.3 is 5.32 Å². The van der Waals surface area contributed by atoms with Crippen LogP contribution in [0.2, 0.25) is 0 Å². The molecular formula is C18H17FN4O3. The fourth-order valence-corrected chi connectivity index (χ4v) is 2.71.